The molecule has 5 fully saturated rings. The van der Waals surface area contributed by atoms with Crippen molar-refractivity contribution in [2.24, 2.45) is 46.3 Å². The number of fused-ring (bicyclic) bond motifs is 5. The van der Waals surface area contributed by atoms with Gasteiger partial charge in [0.2, 0.25) is 5.78 Å². The van der Waals surface area contributed by atoms with Gasteiger partial charge >= 0.3 is 5.97 Å². The quantitative estimate of drug-likeness (QED) is 0.159. The van der Waals surface area contributed by atoms with E-state index in [2.05, 4.69) is 13.8 Å². The van der Waals surface area contributed by atoms with Gasteiger partial charge < -0.3 is 54.7 Å². The van der Waals surface area contributed by atoms with Gasteiger partial charge in [0, 0.05) is 24.2 Å². The van der Waals surface area contributed by atoms with Crippen molar-refractivity contribution in [1.29, 1.82) is 0 Å². The number of allylic oxidation sites excluding steroid dienone is 2. The summed E-state index contributed by atoms with van der Waals surface area (Å²) in [6, 6.07) is 0. The third kappa shape index (κ3) is 7.14. The average Bonchev–Trinajstić information content (AvgIpc) is 3.29. The highest BCUT2D eigenvalue weighted by Crippen LogP contribution is 2.67. The van der Waals surface area contributed by atoms with E-state index < -0.39 is 78.9 Å². The lowest BCUT2D eigenvalue weighted by Gasteiger charge is -2.60. The van der Waals surface area contributed by atoms with Crippen LogP contribution < -0.4 is 0 Å². The van der Waals surface area contributed by atoms with Crippen LogP contribution in [0.4, 0.5) is 0 Å². The van der Waals surface area contributed by atoms with Crippen molar-refractivity contribution >= 4 is 17.5 Å². The molecule has 0 unspecified atom stereocenters. The standard InChI is InChI=1S/C39H60O14/c1-16(2)13-20(40)14-17(3)24-27(42)28(43)25-22-8-7-19-15-21(9-11-38(19,5)23(22)10-12-39(24,25)6)51-37-32(47)30(45)33(34(53-37)35(48)49)52-36-31(46)29(44)26(41)18(4)50-36/h16-19,21-23,25-26,29-34,36-37,41-42,44-47H,7-15H2,1-6H3,(H,48,49)/t17-,18+,19+,21+,22-,23+,25+,26+,29-,30-,31-,32-,33+,34+,36+,37-,38+,39-/m1/s1. The van der Waals surface area contributed by atoms with E-state index in [0.717, 1.165) is 37.7 Å². The Bertz CT molecular complexity index is 1430. The number of ether oxygens (including phenoxy) is 4. The van der Waals surface area contributed by atoms with Crippen molar-refractivity contribution in [3.05, 3.63) is 11.3 Å². The van der Waals surface area contributed by atoms with Gasteiger partial charge in [-0.3, -0.25) is 9.59 Å². The molecule has 7 N–H and O–H groups in total. The van der Waals surface area contributed by atoms with Crippen molar-refractivity contribution < 1.29 is 69.1 Å². The molecular weight excluding hydrogens is 692 g/mol. The van der Waals surface area contributed by atoms with E-state index in [1.807, 2.05) is 20.8 Å². The summed E-state index contributed by atoms with van der Waals surface area (Å²) in [5.74, 6) is -1.46. The Balaban J connectivity index is 1.10. The largest absolute Gasteiger partial charge is 0.504 e. The zero-order valence-electron chi connectivity index (χ0n) is 31.7. The fourth-order valence-electron chi connectivity index (χ4n) is 11.4. The maximum absolute atomic E-state index is 13.9. The average molecular weight is 753 g/mol. The van der Waals surface area contributed by atoms with Crippen LogP contribution in [0.1, 0.15) is 99.3 Å². The molecule has 0 aromatic heterocycles. The number of aliphatic hydroxyl groups is 6. The van der Waals surface area contributed by atoms with Gasteiger partial charge in [-0.2, -0.15) is 0 Å². The highest BCUT2D eigenvalue weighted by Gasteiger charge is 2.64. The van der Waals surface area contributed by atoms with Crippen LogP contribution >= 0.6 is 0 Å². The number of carbonyl (C=O) groups excluding carboxylic acids is 2. The van der Waals surface area contributed by atoms with E-state index in [9.17, 15) is 50.1 Å². The number of ketones is 2. The van der Waals surface area contributed by atoms with Crippen LogP contribution in [0.25, 0.3) is 0 Å². The first kappa shape index (κ1) is 40.6. The second kappa shape index (κ2) is 15.2. The Morgan fingerprint density at radius 2 is 1.51 bits per heavy atom. The van der Waals surface area contributed by atoms with E-state index in [0.29, 0.717) is 25.7 Å². The third-order valence-electron chi connectivity index (χ3n) is 14.0. The van der Waals surface area contributed by atoms with Crippen LogP contribution in [0.2, 0.25) is 0 Å². The molecule has 0 aromatic carbocycles. The number of carboxylic acids is 1. The molecule has 0 spiro atoms. The van der Waals surface area contributed by atoms with Crippen LogP contribution in [-0.4, -0.2) is 121 Å². The predicted molar refractivity (Wildman–Crippen MR) is 186 cm³/mol. The fraction of sp³-hybridized carbons (Fsp3) is 0.872. The summed E-state index contributed by atoms with van der Waals surface area (Å²) in [5, 5.41) is 74.0. The first-order valence-electron chi connectivity index (χ1n) is 19.5. The normalized spacial score (nSPS) is 47.8. The Morgan fingerprint density at radius 1 is 0.849 bits per heavy atom. The first-order valence-corrected chi connectivity index (χ1v) is 19.5. The first-order chi connectivity index (χ1) is 24.8. The summed E-state index contributed by atoms with van der Waals surface area (Å²) >= 11 is 0. The van der Waals surface area contributed by atoms with E-state index >= 15 is 0 Å². The van der Waals surface area contributed by atoms with Gasteiger partial charge in [0.15, 0.2) is 24.4 Å². The molecule has 14 nitrogen and oxygen atoms in total. The molecule has 6 rings (SSSR count). The molecule has 0 aromatic rings. The molecule has 4 aliphatic carbocycles. The highest BCUT2D eigenvalue weighted by atomic mass is 16.7. The zero-order chi connectivity index (χ0) is 38.9. The minimum Gasteiger partial charge on any atom is -0.504 e. The molecule has 6 aliphatic rings. The van der Waals surface area contributed by atoms with Crippen molar-refractivity contribution in [3.63, 3.8) is 0 Å². The van der Waals surface area contributed by atoms with Crippen LogP contribution in [0.3, 0.4) is 0 Å². The van der Waals surface area contributed by atoms with E-state index in [1.165, 1.54) is 6.92 Å². The van der Waals surface area contributed by atoms with Gasteiger partial charge in [-0.1, -0.05) is 34.6 Å². The maximum atomic E-state index is 13.9. The molecule has 0 amide bonds. The summed E-state index contributed by atoms with van der Waals surface area (Å²) in [7, 11) is 0. The monoisotopic (exact) mass is 752 g/mol. The smallest absolute Gasteiger partial charge is 0.335 e. The molecule has 14 heteroatoms. The highest BCUT2D eigenvalue weighted by molar-refractivity contribution is 6.00. The van der Waals surface area contributed by atoms with Gasteiger partial charge in [0.1, 0.15) is 42.4 Å². The zero-order valence-corrected chi connectivity index (χ0v) is 31.7. The summed E-state index contributed by atoms with van der Waals surface area (Å²) in [4.78, 5) is 39.0. The molecule has 53 heavy (non-hydrogen) atoms. The molecule has 0 radical (unpaired) electrons. The summed E-state index contributed by atoms with van der Waals surface area (Å²) < 4.78 is 22.9. The lowest BCUT2D eigenvalue weighted by atomic mass is 9.44. The van der Waals surface area contributed by atoms with Crippen molar-refractivity contribution in [3.8, 4) is 0 Å². The second-order valence-electron chi connectivity index (χ2n) is 17.9. The molecule has 0 bridgehead atoms. The SMILES string of the molecule is CC(C)CC(=O)C[C@@H](C)C1=C(O)C(=O)[C@@H]2[C@@H]3CC[C@H]4C[C@@H](O[C@@H]5O[C@H](C(=O)O)[C@@H](O[C@@H]6O[C@@H](C)[C@H](O)[C@@H](O)[C@H]6O)[C@H](O)[C@H]5O)CC[C@]4(C)[C@H]3CC[C@]12C. The van der Waals surface area contributed by atoms with E-state index in [4.69, 9.17) is 18.9 Å². The fourth-order valence-corrected chi connectivity index (χ4v) is 11.4. The van der Waals surface area contributed by atoms with Crippen molar-refractivity contribution in [1.82, 2.24) is 0 Å². The van der Waals surface area contributed by atoms with Crippen molar-refractivity contribution in [2.45, 2.75) is 167 Å². The lowest BCUT2D eigenvalue weighted by molar-refractivity contribution is -0.356. The minimum absolute atomic E-state index is 0.0871. The number of aliphatic carboxylic acids is 1. The van der Waals surface area contributed by atoms with Crippen molar-refractivity contribution in [2.75, 3.05) is 0 Å². The maximum Gasteiger partial charge on any atom is 0.335 e. The van der Waals surface area contributed by atoms with E-state index in [-0.39, 0.29) is 58.2 Å². The Labute approximate surface area is 310 Å². The van der Waals surface area contributed by atoms with Crippen LogP contribution in [0, 0.1) is 46.3 Å². The molecule has 2 saturated heterocycles. The van der Waals surface area contributed by atoms with Gasteiger partial charge in [-0.15, -0.1) is 0 Å². The topological polar surface area (TPSA) is 230 Å². The van der Waals surface area contributed by atoms with Gasteiger partial charge in [-0.05, 0) is 92.4 Å². The van der Waals surface area contributed by atoms with Gasteiger partial charge in [0.25, 0.3) is 0 Å². The summed E-state index contributed by atoms with van der Waals surface area (Å²) in [6.07, 6.45) is -10.4. The predicted octanol–water partition coefficient (Wildman–Crippen LogP) is 2.40. The van der Waals surface area contributed by atoms with Crippen LogP contribution in [-0.2, 0) is 33.3 Å². The second-order valence-corrected chi connectivity index (χ2v) is 17.9. The molecular formula is C39H60O14. The van der Waals surface area contributed by atoms with Gasteiger partial charge in [-0.25, -0.2) is 4.79 Å². The van der Waals surface area contributed by atoms with E-state index in [1.54, 1.807) is 0 Å². The summed E-state index contributed by atoms with van der Waals surface area (Å²) in [5.41, 5.74) is 0.133. The Hall–Kier alpha value is -2.01. The number of carbonyl (C=O) groups is 3. The number of aliphatic hydroxyl groups excluding tert-OH is 6. The van der Waals surface area contributed by atoms with Crippen LogP contribution in [0.5, 0.6) is 0 Å². The number of hydrogen-bond acceptors (Lipinski definition) is 13. The number of carboxylic acid groups (broad SMARTS) is 1. The number of Topliss-reactive ketones (excluding diaryl/α,β-unsaturated/α-hetero) is 2. The number of hydrogen-bond donors (Lipinski definition) is 7. The molecule has 2 heterocycles. The molecule has 18 atom stereocenters. The Morgan fingerprint density at radius 3 is 2.17 bits per heavy atom. The lowest BCUT2D eigenvalue weighted by Crippen LogP contribution is -2.65. The van der Waals surface area contributed by atoms with Crippen LogP contribution in [0.15, 0.2) is 11.3 Å². The summed E-state index contributed by atoms with van der Waals surface area (Å²) in [6.45, 7) is 11.8. The molecule has 2 aliphatic heterocycles. The number of rotatable bonds is 10. The minimum atomic E-state index is -1.82. The molecule has 300 valence electrons. The third-order valence-corrected chi connectivity index (χ3v) is 14.0. The van der Waals surface area contributed by atoms with Gasteiger partial charge in [0.05, 0.1) is 12.2 Å². The molecule has 3 saturated carbocycles. The Kier molecular flexibility index (Phi) is 11.6.